The fraction of sp³-hybridized carbons (Fsp3) is 0.222. The zero-order chi connectivity index (χ0) is 11.3. The Morgan fingerprint density at radius 3 is 3.00 bits per heavy atom. The first-order valence-electron chi connectivity index (χ1n) is 4.17. The first kappa shape index (κ1) is 12.1. The molecule has 0 aromatic heterocycles. The lowest BCUT2D eigenvalue weighted by Crippen LogP contribution is -2.15. The van der Waals surface area contributed by atoms with Crippen LogP contribution in [0.3, 0.4) is 0 Å². The third-order valence-electron chi connectivity index (χ3n) is 1.64. The lowest BCUT2D eigenvalue weighted by atomic mass is 10.3. The van der Waals surface area contributed by atoms with Crippen molar-refractivity contribution in [2.75, 3.05) is 6.61 Å². The molecule has 1 aromatic rings. The van der Waals surface area contributed by atoms with E-state index in [-0.39, 0.29) is 5.84 Å². The second-order valence-electron chi connectivity index (χ2n) is 2.76. The molecule has 0 atom stereocenters. The van der Waals surface area contributed by atoms with Crippen molar-refractivity contribution in [2.24, 2.45) is 10.9 Å². The van der Waals surface area contributed by atoms with Crippen LogP contribution in [0.15, 0.2) is 27.8 Å². The van der Waals surface area contributed by atoms with Crippen LogP contribution in [-0.4, -0.2) is 17.6 Å². The fourth-order valence-electron chi connectivity index (χ4n) is 0.903. The van der Waals surface area contributed by atoms with Crippen LogP contribution < -0.4 is 10.5 Å². The largest absolute Gasteiger partial charge is 0.492 e. The van der Waals surface area contributed by atoms with Gasteiger partial charge in [0.1, 0.15) is 11.6 Å². The van der Waals surface area contributed by atoms with Crippen LogP contribution in [0.4, 0.5) is 0 Å². The smallest absolute Gasteiger partial charge is 0.142 e. The van der Waals surface area contributed by atoms with Crippen molar-refractivity contribution in [1.82, 2.24) is 0 Å². The van der Waals surface area contributed by atoms with Gasteiger partial charge < -0.3 is 15.7 Å². The molecular formula is C9H10BrClN2O2. The van der Waals surface area contributed by atoms with Gasteiger partial charge in [0.15, 0.2) is 0 Å². The molecule has 82 valence electrons. The summed E-state index contributed by atoms with van der Waals surface area (Å²) < 4.78 is 6.24. The quantitative estimate of drug-likeness (QED) is 0.388. The van der Waals surface area contributed by atoms with Crippen molar-refractivity contribution < 1.29 is 9.94 Å². The van der Waals surface area contributed by atoms with Crippen LogP contribution in [0, 0.1) is 0 Å². The summed E-state index contributed by atoms with van der Waals surface area (Å²) in [5.41, 5.74) is 5.28. The zero-order valence-corrected chi connectivity index (χ0v) is 10.1. The van der Waals surface area contributed by atoms with E-state index in [1.54, 1.807) is 12.1 Å². The molecule has 1 aromatic carbocycles. The average Bonchev–Trinajstić information content (AvgIpc) is 2.23. The zero-order valence-electron chi connectivity index (χ0n) is 7.78. The molecule has 4 nitrogen and oxygen atoms in total. The van der Waals surface area contributed by atoms with Crippen LogP contribution in [0.5, 0.6) is 5.75 Å². The number of amidine groups is 1. The highest BCUT2D eigenvalue weighted by atomic mass is 79.9. The lowest BCUT2D eigenvalue weighted by molar-refractivity contribution is 0.305. The van der Waals surface area contributed by atoms with Crippen molar-refractivity contribution in [1.29, 1.82) is 0 Å². The van der Waals surface area contributed by atoms with Gasteiger partial charge in [-0.25, -0.2) is 0 Å². The molecule has 0 aliphatic carbocycles. The lowest BCUT2D eigenvalue weighted by Gasteiger charge is -2.07. The van der Waals surface area contributed by atoms with Crippen LogP contribution in [0.25, 0.3) is 0 Å². The van der Waals surface area contributed by atoms with E-state index in [9.17, 15) is 0 Å². The van der Waals surface area contributed by atoms with Crippen molar-refractivity contribution in [3.05, 3.63) is 27.7 Å². The Kier molecular flexibility index (Phi) is 4.71. The summed E-state index contributed by atoms with van der Waals surface area (Å²) in [6.45, 7) is 0.312. The van der Waals surface area contributed by atoms with E-state index in [2.05, 4.69) is 21.1 Å². The molecule has 0 radical (unpaired) electrons. The van der Waals surface area contributed by atoms with Gasteiger partial charge in [0.2, 0.25) is 0 Å². The number of benzene rings is 1. The van der Waals surface area contributed by atoms with Crippen molar-refractivity contribution in [3.63, 3.8) is 0 Å². The van der Waals surface area contributed by atoms with E-state index in [1.807, 2.05) is 6.07 Å². The maximum Gasteiger partial charge on any atom is 0.142 e. The van der Waals surface area contributed by atoms with Crippen LogP contribution in [0.1, 0.15) is 6.42 Å². The van der Waals surface area contributed by atoms with E-state index in [1.165, 1.54) is 0 Å². The highest BCUT2D eigenvalue weighted by Gasteiger charge is 2.02. The van der Waals surface area contributed by atoms with Crippen molar-refractivity contribution >= 4 is 33.4 Å². The Balaban J connectivity index is 2.54. The molecule has 1 rings (SSSR count). The van der Waals surface area contributed by atoms with Gasteiger partial charge in [-0.3, -0.25) is 0 Å². The number of rotatable bonds is 4. The minimum Gasteiger partial charge on any atom is -0.492 e. The number of ether oxygens (including phenoxy) is 1. The van der Waals surface area contributed by atoms with Gasteiger partial charge in [0.05, 0.1) is 11.6 Å². The topological polar surface area (TPSA) is 67.8 Å². The Bertz CT molecular complexity index is 371. The van der Waals surface area contributed by atoms with Crippen LogP contribution in [-0.2, 0) is 0 Å². The number of nitrogens with two attached hydrogens (primary N) is 1. The van der Waals surface area contributed by atoms with Crippen molar-refractivity contribution in [3.8, 4) is 5.75 Å². The minimum absolute atomic E-state index is 0.126. The molecule has 0 aliphatic heterocycles. The van der Waals surface area contributed by atoms with Crippen LogP contribution >= 0.6 is 27.5 Å². The first-order valence-corrected chi connectivity index (χ1v) is 5.35. The molecule has 0 amide bonds. The van der Waals surface area contributed by atoms with Gasteiger partial charge in [-0.05, 0) is 18.2 Å². The highest BCUT2D eigenvalue weighted by Crippen LogP contribution is 2.27. The molecular weight excluding hydrogens is 283 g/mol. The molecule has 0 heterocycles. The Labute approximate surface area is 101 Å². The van der Waals surface area contributed by atoms with Gasteiger partial charge in [-0.2, -0.15) is 0 Å². The number of hydrogen-bond acceptors (Lipinski definition) is 3. The minimum atomic E-state index is 0.126. The Morgan fingerprint density at radius 2 is 2.33 bits per heavy atom. The Hall–Kier alpha value is -0.940. The van der Waals surface area contributed by atoms with E-state index in [0.717, 1.165) is 4.47 Å². The molecule has 0 bridgehead atoms. The van der Waals surface area contributed by atoms with E-state index in [4.69, 9.17) is 27.3 Å². The maximum atomic E-state index is 8.30. The third-order valence-corrected chi connectivity index (χ3v) is 2.44. The highest BCUT2D eigenvalue weighted by molar-refractivity contribution is 9.10. The molecule has 0 aliphatic rings. The van der Waals surface area contributed by atoms with E-state index in [0.29, 0.717) is 23.8 Å². The number of halogens is 2. The molecule has 0 unspecified atom stereocenters. The number of hydrogen-bond donors (Lipinski definition) is 2. The third kappa shape index (κ3) is 3.97. The van der Waals surface area contributed by atoms with Gasteiger partial charge in [0.25, 0.3) is 0 Å². The van der Waals surface area contributed by atoms with Gasteiger partial charge in [-0.15, -0.1) is 0 Å². The second-order valence-corrected chi connectivity index (χ2v) is 4.09. The standard InChI is InChI=1S/C9H10BrClN2O2/c10-6-1-2-7(11)8(5-6)15-4-3-9(12)13-14/h1-2,5,14H,3-4H2,(H2,12,13). The Morgan fingerprint density at radius 1 is 1.60 bits per heavy atom. The van der Waals surface area contributed by atoms with E-state index < -0.39 is 0 Å². The summed E-state index contributed by atoms with van der Waals surface area (Å²) in [7, 11) is 0. The molecule has 6 heteroatoms. The first-order chi connectivity index (χ1) is 7.13. The fourth-order valence-corrected chi connectivity index (χ4v) is 1.42. The maximum absolute atomic E-state index is 8.30. The average molecular weight is 294 g/mol. The van der Waals surface area contributed by atoms with E-state index >= 15 is 0 Å². The number of oxime groups is 1. The molecule has 15 heavy (non-hydrogen) atoms. The molecule has 3 N–H and O–H groups in total. The van der Waals surface area contributed by atoms with Gasteiger partial charge in [-0.1, -0.05) is 32.7 Å². The molecule has 0 saturated heterocycles. The second kappa shape index (κ2) is 5.82. The normalized spacial score (nSPS) is 11.5. The molecule has 0 spiro atoms. The monoisotopic (exact) mass is 292 g/mol. The summed E-state index contributed by atoms with van der Waals surface area (Å²) in [5, 5.41) is 11.7. The SMILES string of the molecule is NC(CCOc1cc(Br)ccc1Cl)=NO. The van der Waals surface area contributed by atoms with Crippen LogP contribution in [0.2, 0.25) is 5.02 Å². The van der Waals surface area contributed by atoms with Gasteiger partial charge >= 0.3 is 0 Å². The summed E-state index contributed by atoms with van der Waals surface area (Å²) >= 11 is 9.19. The number of nitrogens with zero attached hydrogens (tertiary/aromatic N) is 1. The predicted molar refractivity (Wildman–Crippen MR) is 62.7 cm³/mol. The summed E-state index contributed by atoms with van der Waals surface area (Å²) in [4.78, 5) is 0. The molecule has 0 saturated carbocycles. The van der Waals surface area contributed by atoms with Crippen molar-refractivity contribution in [2.45, 2.75) is 6.42 Å². The predicted octanol–water partition coefficient (Wildman–Crippen LogP) is 2.62. The molecule has 0 fully saturated rings. The van der Waals surface area contributed by atoms with Gasteiger partial charge in [0, 0.05) is 10.9 Å². The summed E-state index contributed by atoms with van der Waals surface area (Å²) in [6.07, 6.45) is 0.347. The summed E-state index contributed by atoms with van der Waals surface area (Å²) in [5.74, 6) is 0.693. The summed E-state index contributed by atoms with van der Waals surface area (Å²) in [6, 6.07) is 5.30.